The molecule has 1 aromatic carbocycles. The van der Waals surface area contributed by atoms with Crippen molar-refractivity contribution in [3.8, 4) is 0 Å². The summed E-state index contributed by atoms with van der Waals surface area (Å²) in [5, 5.41) is 10.1. The zero-order valence-corrected chi connectivity index (χ0v) is 16.9. The van der Waals surface area contributed by atoms with Gasteiger partial charge in [-0.15, -0.1) is 0 Å². The number of nitrogens with zero attached hydrogens (tertiary/aromatic N) is 2. The minimum atomic E-state index is -0.359. The molecule has 1 N–H and O–H groups in total. The van der Waals surface area contributed by atoms with Crippen LogP contribution in [0, 0.1) is 10.8 Å². The average molecular weight is 371 g/mol. The Labute approximate surface area is 163 Å². The SMILES string of the molecule is CC1(C)C[C@@]1(C(=O)N1CCC(CO)(CN2CCCC2)CC1)c1ccccc1. The predicted octanol–water partition coefficient (Wildman–Crippen LogP) is 3.05. The maximum atomic E-state index is 13.6. The largest absolute Gasteiger partial charge is 0.396 e. The topological polar surface area (TPSA) is 43.8 Å². The Bertz CT molecular complexity index is 673. The van der Waals surface area contributed by atoms with Crippen LogP contribution in [-0.4, -0.2) is 60.1 Å². The van der Waals surface area contributed by atoms with Crippen LogP contribution in [0.4, 0.5) is 0 Å². The van der Waals surface area contributed by atoms with Crippen LogP contribution in [0.25, 0.3) is 0 Å². The lowest BCUT2D eigenvalue weighted by atomic mass is 9.77. The lowest BCUT2D eigenvalue weighted by molar-refractivity contribution is -0.138. The first-order valence-electron chi connectivity index (χ1n) is 10.6. The summed E-state index contributed by atoms with van der Waals surface area (Å²) in [7, 11) is 0. The third-order valence-electron chi connectivity index (χ3n) is 7.57. The minimum absolute atomic E-state index is 0.0203. The molecule has 1 aromatic rings. The van der Waals surface area contributed by atoms with Crippen LogP contribution >= 0.6 is 0 Å². The van der Waals surface area contributed by atoms with Crippen molar-refractivity contribution in [1.82, 2.24) is 9.80 Å². The molecule has 4 heteroatoms. The Morgan fingerprint density at radius 1 is 1.04 bits per heavy atom. The molecule has 0 radical (unpaired) electrons. The number of aliphatic hydroxyl groups excluding tert-OH is 1. The molecule has 2 saturated heterocycles. The van der Waals surface area contributed by atoms with Crippen molar-refractivity contribution in [2.24, 2.45) is 10.8 Å². The van der Waals surface area contributed by atoms with Crippen molar-refractivity contribution in [2.75, 3.05) is 39.3 Å². The number of rotatable bonds is 5. The summed E-state index contributed by atoms with van der Waals surface area (Å²) in [6.07, 6.45) is 5.31. The van der Waals surface area contributed by atoms with Crippen molar-refractivity contribution < 1.29 is 9.90 Å². The van der Waals surface area contributed by atoms with Gasteiger partial charge in [0.15, 0.2) is 0 Å². The van der Waals surface area contributed by atoms with Gasteiger partial charge in [-0.05, 0) is 56.2 Å². The summed E-state index contributed by atoms with van der Waals surface area (Å²) in [5.74, 6) is 0.298. The normalized spacial score (nSPS) is 29.7. The molecular formula is C23H34N2O2. The fourth-order valence-electron chi connectivity index (χ4n) is 5.56. The number of hydrogen-bond donors (Lipinski definition) is 1. The van der Waals surface area contributed by atoms with Crippen LogP contribution in [0.1, 0.15) is 51.5 Å². The monoisotopic (exact) mass is 370 g/mol. The van der Waals surface area contributed by atoms with Gasteiger partial charge in [0.1, 0.15) is 0 Å². The number of hydrogen-bond acceptors (Lipinski definition) is 3. The van der Waals surface area contributed by atoms with Crippen molar-refractivity contribution >= 4 is 5.91 Å². The highest BCUT2D eigenvalue weighted by molar-refractivity contribution is 5.93. The number of benzene rings is 1. The Morgan fingerprint density at radius 3 is 2.15 bits per heavy atom. The zero-order chi connectivity index (χ0) is 19.1. The molecule has 1 atom stereocenters. The summed E-state index contributed by atoms with van der Waals surface area (Å²) >= 11 is 0. The van der Waals surface area contributed by atoms with E-state index < -0.39 is 0 Å². The van der Waals surface area contributed by atoms with Crippen molar-refractivity contribution in [3.63, 3.8) is 0 Å². The van der Waals surface area contributed by atoms with Gasteiger partial charge in [-0.25, -0.2) is 0 Å². The first kappa shape index (κ1) is 18.9. The van der Waals surface area contributed by atoms with E-state index in [2.05, 4.69) is 35.8 Å². The fraction of sp³-hybridized carbons (Fsp3) is 0.696. The second-order valence-corrected chi connectivity index (χ2v) is 9.77. The second kappa shape index (κ2) is 6.89. The molecule has 0 bridgehead atoms. The number of aliphatic hydroxyl groups is 1. The molecule has 3 aliphatic rings. The maximum Gasteiger partial charge on any atom is 0.233 e. The van der Waals surface area contributed by atoms with Crippen molar-refractivity contribution in [3.05, 3.63) is 35.9 Å². The third kappa shape index (κ3) is 3.21. The molecule has 2 heterocycles. The highest BCUT2D eigenvalue weighted by Gasteiger charge is 2.68. The first-order valence-corrected chi connectivity index (χ1v) is 10.6. The quantitative estimate of drug-likeness (QED) is 0.866. The maximum absolute atomic E-state index is 13.6. The molecule has 1 saturated carbocycles. The molecule has 27 heavy (non-hydrogen) atoms. The predicted molar refractivity (Wildman–Crippen MR) is 108 cm³/mol. The molecule has 1 aliphatic carbocycles. The number of carbonyl (C=O) groups excluding carboxylic acids is 1. The van der Waals surface area contributed by atoms with Crippen LogP contribution in [-0.2, 0) is 10.2 Å². The van der Waals surface area contributed by atoms with Crippen molar-refractivity contribution in [1.29, 1.82) is 0 Å². The van der Waals surface area contributed by atoms with E-state index in [9.17, 15) is 9.90 Å². The highest BCUT2D eigenvalue weighted by Crippen LogP contribution is 2.65. The second-order valence-electron chi connectivity index (χ2n) is 9.77. The van der Waals surface area contributed by atoms with Gasteiger partial charge in [-0.2, -0.15) is 0 Å². The van der Waals surface area contributed by atoms with Crippen LogP contribution in [0.2, 0.25) is 0 Å². The van der Waals surface area contributed by atoms with Gasteiger partial charge in [-0.1, -0.05) is 44.2 Å². The number of carbonyl (C=O) groups is 1. The van der Waals surface area contributed by atoms with Crippen LogP contribution in [0.5, 0.6) is 0 Å². The number of amides is 1. The molecule has 2 aliphatic heterocycles. The Kier molecular flexibility index (Phi) is 4.84. The third-order valence-corrected chi connectivity index (χ3v) is 7.57. The highest BCUT2D eigenvalue weighted by atomic mass is 16.3. The van der Waals surface area contributed by atoms with Gasteiger partial charge in [-0.3, -0.25) is 4.79 Å². The molecule has 4 rings (SSSR count). The van der Waals surface area contributed by atoms with E-state index in [0.29, 0.717) is 5.91 Å². The van der Waals surface area contributed by atoms with E-state index >= 15 is 0 Å². The van der Waals surface area contributed by atoms with E-state index in [1.165, 1.54) is 12.8 Å². The average Bonchev–Trinajstić information content (AvgIpc) is 3.01. The molecule has 0 aromatic heterocycles. The van der Waals surface area contributed by atoms with Crippen LogP contribution < -0.4 is 0 Å². The minimum Gasteiger partial charge on any atom is -0.396 e. The lowest BCUT2D eigenvalue weighted by Crippen LogP contribution is -2.52. The summed E-state index contributed by atoms with van der Waals surface area (Å²) in [5.41, 5.74) is 0.797. The zero-order valence-electron chi connectivity index (χ0n) is 16.9. The van der Waals surface area contributed by atoms with Gasteiger partial charge >= 0.3 is 0 Å². The Balaban J connectivity index is 1.46. The van der Waals surface area contributed by atoms with Crippen molar-refractivity contribution in [2.45, 2.75) is 51.4 Å². The molecule has 0 unspecified atom stereocenters. The van der Waals surface area contributed by atoms with E-state index in [1.54, 1.807) is 0 Å². The van der Waals surface area contributed by atoms with E-state index in [-0.39, 0.29) is 22.9 Å². The van der Waals surface area contributed by atoms with Crippen LogP contribution in [0.15, 0.2) is 30.3 Å². The van der Waals surface area contributed by atoms with E-state index in [1.807, 2.05) is 18.2 Å². The smallest absolute Gasteiger partial charge is 0.233 e. The lowest BCUT2D eigenvalue weighted by Gasteiger charge is -2.44. The molecule has 0 spiro atoms. The van der Waals surface area contributed by atoms with Gasteiger partial charge in [0.05, 0.1) is 12.0 Å². The molecule has 4 nitrogen and oxygen atoms in total. The van der Waals surface area contributed by atoms with Gasteiger partial charge in [0.25, 0.3) is 0 Å². The number of likely N-dealkylation sites (tertiary alicyclic amines) is 2. The summed E-state index contributed by atoms with van der Waals surface area (Å²) in [6, 6.07) is 10.3. The van der Waals surface area contributed by atoms with Gasteiger partial charge in [0, 0.05) is 25.0 Å². The Morgan fingerprint density at radius 2 is 1.63 bits per heavy atom. The molecule has 148 valence electrons. The summed E-state index contributed by atoms with van der Waals surface area (Å²) in [6.45, 7) is 9.53. The standard InChI is InChI=1S/C23H34N2O2/c1-21(2)16-23(21,19-8-4-3-5-9-19)20(27)25-14-10-22(18-26,11-15-25)17-24-12-6-7-13-24/h3-5,8-9,26H,6-7,10-18H2,1-2H3/t23-/m0/s1. The molecular weight excluding hydrogens is 336 g/mol. The van der Waals surface area contributed by atoms with E-state index in [4.69, 9.17) is 0 Å². The summed E-state index contributed by atoms with van der Waals surface area (Å²) < 4.78 is 0. The van der Waals surface area contributed by atoms with Crippen LogP contribution in [0.3, 0.4) is 0 Å². The summed E-state index contributed by atoms with van der Waals surface area (Å²) in [4.78, 5) is 18.2. The molecule has 1 amide bonds. The van der Waals surface area contributed by atoms with E-state index in [0.717, 1.165) is 57.5 Å². The number of piperidine rings is 1. The van der Waals surface area contributed by atoms with Gasteiger partial charge in [0.2, 0.25) is 5.91 Å². The first-order chi connectivity index (χ1) is 12.9. The Hall–Kier alpha value is -1.39. The fourth-order valence-corrected chi connectivity index (χ4v) is 5.56. The van der Waals surface area contributed by atoms with Gasteiger partial charge < -0.3 is 14.9 Å². The molecule has 3 fully saturated rings.